The first-order valence-electron chi connectivity index (χ1n) is 11.1. The van der Waals surface area contributed by atoms with Gasteiger partial charge in [-0.1, -0.05) is 47.5 Å². The van der Waals surface area contributed by atoms with Crippen LogP contribution in [0.3, 0.4) is 0 Å². The van der Waals surface area contributed by atoms with Crippen molar-refractivity contribution in [1.82, 2.24) is 5.32 Å². The van der Waals surface area contributed by atoms with Crippen molar-refractivity contribution in [1.29, 1.82) is 0 Å². The minimum Gasteiger partial charge on any atom is -0.345 e. The van der Waals surface area contributed by atoms with Crippen LogP contribution in [0.15, 0.2) is 42.5 Å². The highest BCUT2D eigenvalue weighted by Crippen LogP contribution is 2.38. The van der Waals surface area contributed by atoms with Crippen molar-refractivity contribution in [3.8, 4) is 0 Å². The molecule has 2 aromatic rings. The number of hydrogen-bond donors (Lipinski definition) is 1. The minimum atomic E-state index is -4.57. The molecule has 0 aromatic heterocycles. The Hall–Kier alpha value is -2.36. The van der Waals surface area contributed by atoms with Crippen LogP contribution in [-0.4, -0.2) is 44.3 Å². The summed E-state index contributed by atoms with van der Waals surface area (Å²) in [4.78, 5) is 24.5. The number of sulfone groups is 1. The van der Waals surface area contributed by atoms with Crippen LogP contribution in [0, 0.1) is 12.8 Å². The molecular weight excluding hydrogens is 538 g/mol. The number of halogens is 5. The number of carbonyl (C=O) groups excluding carboxylic acids is 2. The monoisotopic (exact) mass is 561 g/mol. The molecule has 1 atom stereocenters. The van der Waals surface area contributed by atoms with E-state index in [9.17, 15) is 31.2 Å². The Kier molecular flexibility index (Phi) is 8.90. The lowest BCUT2D eigenvalue weighted by Gasteiger charge is -2.25. The lowest BCUT2D eigenvalue weighted by atomic mass is 9.96. The molecule has 5 nitrogen and oxygen atoms in total. The topological polar surface area (TPSA) is 80.3 Å². The summed E-state index contributed by atoms with van der Waals surface area (Å²) in [5.74, 6) is -2.42. The van der Waals surface area contributed by atoms with Crippen molar-refractivity contribution in [2.24, 2.45) is 5.92 Å². The Morgan fingerprint density at radius 1 is 1.11 bits per heavy atom. The van der Waals surface area contributed by atoms with Crippen LogP contribution in [0.4, 0.5) is 13.2 Å². The van der Waals surface area contributed by atoms with Gasteiger partial charge in [-0.3, -0.25) is 9.59 Å². The van der Waals surface area contributed by atoms with Crippen LogP contribution in [0.25, 0.3) is 6.08 Å². The van der Waals surface area contributed by atoms with E-state index in [1.54, 1.807) is 13.0 Å². The highest BCUT2D eigenvalue weighted by atomic mass is 35.5. The smallest absolute Gasteiger partial charge is 0.345 e. The van der Waals surface area contributed by atoms with Gasteiger partial charge in [-0.05, 0) is 60.2 Å². The largest absolute Gasteiger partial charge is 0.399 e. The van der Waals surface area contributed by atoms with Crippen LogP contribution in [0.2, 0.25) is 10.0 Å². The molecule has 1 heterocycles. The maximum atomic E-state index is 13.7. The van der Waals surface area contributed by atoms with Gasteiger partial charge in [-0.2, -0.15) is 13.2 Å². The molecule has 0 bridgehead atoms. The summed E-state index contributed by atoms with van der Waals surface area (Å²) >= 11 is 11.7. The summed E-state index contributed by atoms with van der Waals surface area (Å²) < 4.78 is 63.4. The molecule has 1 aliphatic rings. The second-order valence-corrected chi connectivity index (χ2v) is 11.9. The Morgan fingerprint density at radius 3 is 2.31 bits per heavy atom. The van der Waals surface area contributed by atoms with Crippen LogP contribution in [-0.2, 0) is 14.6 Å². The third-order valence-corrected chi connectivity index (χ3v) is 8.22. The van der Waals surface area contributed by atoms with Gasteiger partial charge in [0.25, 0.3) is 5.91 Å². The number of hydrogen-bond acceptors (Lipinski definition) is 4. The summed E-state index contributed by atoms with van der Waals surface area (Å²) in [6.45, 7) is 1.46. The highest BCUT2D eigenvalue weighted by molar-refractivity contribution is 7.92. The number of benzene rings is 2. The highest BCUT2D eigenvalue weighted by Gasteiger charge is 2.39. The van der Waals surface area contributed by atoms with E-state index in [1.807, 2.05) is 0 Å². The molecule has 2 aromatic carbocycles. The molecule has 1 N–H and O–H groups in total. The molecule has 1 amide bonds. The lowest BCUT2D eigenvalue weighted by Crippen LogP contribution is -2.37. The first kappa shape index (κ1) is 28.2. The Balaban J connectivity index is 1.61. The standard InChI is InChI=1S/C25H24Cl2F3NO4S/c1-15-8-16(4-7-23(25(28,29)30)18-9-19(26)11-20(27)10-18)3-6-22(15)24(33)31-12-21(32)5-2-17-13-36(34,35)14-17/h3-4,6-11,17,23H,2,5,12-14H2,1H3,(H,31,33)/b7-4+. The van der Waals surface area contributed by atoms with Crippen molar-refractivity contribution >= 4 is 50.8 Å². The first-order chi connectivity index (χ1) is 16.7. The van der Waals surface area contributed by atoms with Crippen molar-refractivity contribution in [2.75, 3.05) is 18.1 Å². The van der Waals surface area contributed by atoms with Crippen LogP contribution in [0.5, 0.6) is 0 Å². The normalized spacial score (nSPS) is 16.5. The average molecular weight is 562 g/mol. The first-order valence-corrected chi connectivity index (χ1v) is 13.6. The minimum absolute atomic E-state index is 0.00898. The number of Topliss-reactive ketones (excluding diaryl/α,β-unsaturated/α-hetero) is 1. The maximum Gasteiger partial charge on any atom is 0.399 e. The zero-order valence-electron chi connectivity index (χ0n) is 19.2. The Morgan fingerprint density at radius 2 is 1.75 bits per heavy atom. The second kappa shape index (κ2) is 11.4. The van der Waals surface area contributed by atoms with E-state index in [-0.39, 0.29) is 51.8 Å². The zero-order valence-corrected chi connectivity index (χ0v) is 21.6. The summed E-state index contributed by atoms with van der Waals surface area (Å²) in [5.41, 5.74) is 1.18. The van der Waals surface area contributed by atoms with Crippen molar-refractivity contribution in [3.63, 3.8) is 0 Å². The number of amides is 1. The van der Waals surface area contributed by atoms with Gasteiger partial charge in [-0.25, -0.2) is 8.42 Å². The summed E-state index contributed by atoms with van der Waals surface area (Å²) in [6, 6.07) is 8.34. The van der Waals surface area contributed by atoms with Crippen LogP contribution >= 0.6 is 23.2 Å². The van der Waals surface area contributed by atoms with E-state index in [0.29, 0.717) is 23.1 Å². The van der Waals surface area contributed by atoms with E-state index in [2.05, 4.69) is 5.32 Å². The van der Waals surface area contributed by atoms with Crippen molar-refractivity contribution in [2.45, 2.75) is 31.9 Å². The van der Waals surface area contributed by atoms with Gasteiger partial charge in [0, 0.05) is 22.0 Å². The molecular formula is C25H24Cl2F3NO4S. The molecule has 1 aliphatic heterocycles. The van der Waals surface area contributed by atoms with Gasteiger partial charge in [-0.15, -0.1) is 0 Å². The fourth-order valence-electron chi connectivity index (χ4n) is 3.98. The molecule has 0 aliphatic carbocycles. The molecule has 194 valence electrons. The number of allylic oxidation sites excluding steroid dienone is 1. The summed E-state index contributed by atoms with van der Waals surface area (Å²) in [7, 11) is -2.93. The van der Waals surface area contributed by atoms with Crippen LogP contribution in [0.1, 0.15) is 45.8 Å². The van der Waals surface area contributed by atoms with E-state index in [0.717, 1.165) is 6.08 Å². The molecule has 1 saturated heterocycles. The average Bonchev–Trinajstić information content (AvgIpc) is 2.73. The van der Waals surface area contributed by atoms with Gasteiger partial charge >= 0.3 is 6.18 Å². The number of carbonyl (C=O) groups is 2. The van der Waals surface area contributed by atoms with Crippen molar-refractivity contribution < 1.29 is 31.2 Å². The number of rotatable bonds is 9. The summed E-state index contributed by atoms with van der Waals surface area (Å²) in [5, 5.41) is 2.73. The second-order valence-electron chi connectivity index (χ2n) is 8.86. The number of ketones is 1. The van der Waals surface area contributed by atoms with Crippen molar-refractivity contribution in [3.05, 3.63) is 74.8 Å². The van der Waals surface area contributed by atoms with Gasteiger partial charge in [0.2, 0.25) is 0 Å². The third kappa shape index (κ3) is 7.82. The number of alkyl halides is 3. The molecule has 3 rings (SSSR count). The Bertz CT molecular complexity index is 1260. The predicted molar refractivity (Wildman–Crippen MR) is 134 cm³/mol. The molecule has 1 fully saturated rings. The SMILES string of the molecule is Cc1cc(/C=C/C(c2cc(Cl)cc(Cl)c2)C(F)(F)F)ccc1C(=O)NCC(=O)CCC1CS(=O)(=O)C1. The van der Waals surface area contributed by atoms with E-state index < -0.39 is 27.8 Å². The fourth-order valence-corrected chi connectivity index (χ4v) is 6.20. The molecule has 11 heteroatoms. The van der Waals surface area contributed by atoms with E-state index in [4.69, 9.17) is 23.2 Å². The number of aryl methyl sites for hydroxylation is 1. The molecule has 0 saturated carbocycles. The molecule has 0 radical (unpaired) electrons. The van der Waals surface area contributed by atoms with Gasteiger partial charge in [0.05, 0.1) is 24.0 Å². The van der Waals surface area contributed by atoms with Gasteiger partial charge in [0.1, 0.15) is 0 Å². The van der Waals surface area contributed by atoms with E-state index >= 15 is 0 Å². The van der Waals surface area contributed by atoms with E-state index in [1.165, 1.54) is 36.4 Å². The lowest BCUT2D eigenvalue weighted by molar-refractivity contribution is -0.139. The molecule has 1 unspecified atom stereocenters. The Labute approximate surface area is 217 Å². The molecule has 0 spiro atoms. The van der Waals surface area contributed by atoms with Gasteiger partial charge < -0.3 is 5.32 Å². The predicted octanol–water partition coefficient (Wildman–Crippen LogP) is 5.78. The summed E-state index contributed by atoms with van der Waals surface area (Å²) in [6.07, 6.45) is -1.61. The zero-order chi connectivity index (χ0) is 26.7. The van der Waals surface area contributed by atoms with Gasteiger partial charge in [0.15, 0.2) is 15.6 Å². The number of nitrogens with one attached hydrogen (secondary N) is 1. The van der Waals surface area contributed by atoms with Crippen LogP contribution < -0.4 is 5.32 Å². The maximum absolute atomic E-state index is 13.7. The fraction of sp³-hybridized carbons (Fsp3) is 0.360. The third-order valence-electron chi connectivity index (χ3n) is 5.83. The quantitative estimate of drug-likeness (QED) is 0.420. The molecule has 36 heavy (non-hydrogen) atoms.